The zero-order chi connectivity index (χ0) is 8.15. The molecule has 0 rings (SSSR count). The molecular formula is C7H14O3. The Morgan fingerprint density at radius 2 is 1.90 bits per heavy atom. The van der Waals surface area contributed by atoms with Crippen molar-refractivity contribution in [3.63, 3.8) is 0 Å². The van der Waals surface area contributed by atoms with Crippen LogP contribution in [0.15, 0.2) is 12.7 Å². The lowest BCUT2D eigenvalue weighted by atomic mass is 10.1. The fourth-order valence-corrected chi connectivity index (χ4v) is 0.632. The van der Waals surface area contributed by atoms with E-state index in [0.717, 1.165) is 0 Å². The summed E-state index contributed by atoms with van der Waals surface area (Å²) in [7, 11) is 0. The average Bonchev–Trinajstić information content (AvgIpc) is 1.87. The van der Waals surface area contributed by atoms with Crippen molar-refractivity contribution in [1.29, 1.82) is 0 Å². The fraction of sp³-hybridized carbons (Fsp3) is 0.714. The van der Waals surface area contributed by atoms with Gasteiger partial charge in [0.2, 0.25) is 0 Å². The van der Waals surface area contributed by atoms with Crippen LogP contribution in [0.4, 0.5) is 0 Å². The van der Waals surface area contributed by atoms with Crippen molar-refractivity contribution in [1.82, 2.24) is 0 Å². The molecule has 0 saturated carbocycles. The Labute approximate surface area is 60.6 Å². The van der Waals surface area contributed by atoms with Crippen LogP contribution in [0.5, 0.6) is 0 Å². The van der Waals surface area contributed by atoms with Gasteiger partial charge in [-0.25, -0.2) is 0 Å². The second-order valence-electron chi connectivity index (χ2n) is 2.32. The molecule has 10 heavy (non-hydrogen) atoms. The van der Waals surface area contributed by atoms with E-state index in [1.165, 1.54) is 13.0 Å². The SMILES string of the molecule is C=CC[C@H](O)[C@H](O)[C@H](C)O. The van der Waals surface area contributed by atoms with Crippen molar-refractivity contribution < 1.29 is 15.3 Å². The van der Waals surface area contributed by atoms with Crippen LogP contribution in [0.2, 0.25) is 0 Å². The van der Waals surface area contributed by atoms with E-state index < -0.39 is 18.3 Å². The van der Waals surface area contributed by atoms with Crippen LogP contribution in [0.3, 0.4) is 0 Å². The Morgan fingerprint density at radius 1 is 1.40 bits per heavy atom. The molecule has 0 radical (unpaired) electrons. The third kappa shape index (κ3) is 2.96. The minimum Gasteiger partial charge on any atom is -0.391 e. The van der Waals surface area contributed by atoms with Crippen LogP contribution in [-0.2, 0) is 0 Å². The molecule has 0 fully saturated rings. The van der Waals surface area contributed by atoms with E-state index in [2.05, 4.69) is 6.58 Å². The van der Waals surface area contributed by atoms with Gasteiger partial charge in [-0.1, -0.05) is 6.08 Å². The monoisotopic (exact) mass is 146 g/mol. The van der Waals surface area contributed by atoms with Gasteiger partial charge in [-0.3, -0.25) is 0 Å². The van der Waals surface area contributed by atoms with E-state index in [0.29, 0.717) is 6.42 Å². The lowest BCUT2D eigenvalue weighted by molar-refractivity contribution is -0.0499. The van der Waals surface area contributed by atoms with Gasteiger partial charge in [-0.15, -0.1) is 6.58 Å². The van der Waals surface area contributed by atoms with E-state index >= 15 is 0 Å². The van der Waals surface area contributed by atoms with Gasteiger partial charge < -0.3 is 15.3 Å². The number of aliphatic hydroxyl groups is 3. The Hall–Kier alpha value is -0.380. The lowest BCUT2D eigenvalue weighted by Crippen LogP contribution is -2.34. The molecule has 60 valence electrons. The first-order valence-electron chi connectivity index (χ1n) is 3.24. The first kappa shape index (κ1) is 9.62. The summed E-state index contributed by atoms with van der Waals surface area (Å²) in [5.74, 6) is 0. The summed E-state index contributed by atoms with van der Waals surface area (Å²) in [6.07, 6.45) is -1.08. The third-order valence-electron chi connectivity index (χ3n) is 1.30. The summed E-state index contributed by atoms with van der Waals surface area (Å²) in [4.78, 5) is 0. The van der Waals surface area contributed by atoms with Gasteiger partial charge in [0, 0.05) is 0 Å². The van der Waals surface area contributed by atoms with E-state index in [-0.39, 0.29) is 0 Å². The summed E-state index contributed by atoms with van der Waals surface area (Å²) in [5, 5.41) is 26.8. The van der Waals surface area contributed by atoms with Crippen molar-refractivity contribution in [3.05, 3.63) is 12.7 Å². The zero-order valence-corrected chi connectivity index (χ0v) is 6.07. The molecule has 0 aromatic carbocycles. The number of hydrogen-bond acceptors (Lipinski definition) is 3. The Morgan fingerprint density at radius 3 is 2.20 bits per heavy atom. The molecule has 3 N–H and O–H groups in total. The maximum atomic E-state index is 9.01. The molecule has 0 spiro atoms. The number of hydrogen-bond donors (Lipinski definition) is 3. The molecule has 0 aliphatic carbocycles. The molecule has 0 aromatic rings. The predicted molar refractivity (Wildman–Crippen MR) is 38.5 cm³/mol. The highest BCUT2D eigenvalue weighted by molar-refractivity contribution is 4.79. The topological polar surface area (TPSA) is 60.7 Å². The summed E-state index contributed by atoms with van der Waals surface area (Å²) < 4.78 is 0. The number of rotatable bonds is 4. The van der Waals surface area contributed by atoms with Crippen LogP contribution in [0.25, 0.3) is 0 Å². The third-order valence-corrected chi connectivity index (χ3v) is 1.30. The molecule has 0 heterocycles. The first-order chi connectivity index (χ1) is 4.59. The molecule has 0 unspecified atom stereocenters. The minimum absolute atomic E-state index is 0.298. The molecule has 0 saturated heterocycles. The average molecular weight is 146 g/mol. The maximum Gasteiger partial charge on any atom is 0.106 e. The predicted octanol–water partition coefficient (Wildman–Crippen LogP) is -0.335. The van der Waals surface area contributed by atoms with Crippen molar-refractivity contribution in [2.75, 3.05) is 0 Å². The van der Waals surface area contributed by atoms with Gasteiger partial charge in [0.1, 0.15) is 6.10 Å². The van der Waals surface area contributed by atoms with Crippen molar-refractivity contribution in [2.24, 2.45) is 0 Å². The minimum atomic E-state index is -1.07. The summed E-state index contributed by atoms with van der Waals surface area (Å²) in [6.45, 7) is 4.82. The van der Waals surface area contributed by atoms with Crippen LogP contribution in [0, 0.1) is 0 Å². The quantitative estimate of drug-likeness (QED) is 0.476. The van der Waals surface area contributed by atoms with Gasteiger partial charge in [0.05, 0.1) is 12.2 Å². The highest BCUT2D eigenvalue weighted by Crippen LogP contribution is 2.03. The van der Waals surface area contributed by atoms with Crippen LogP contribution in [0.1, 0.15) is 13.3 Å². The molecule has 3 atom stereocenters. The van der Waals surface area contributed by atoms with Crippen molar-refractivity contribution in [3.8, 4) is 0 Å². The summed E-state index contributed by atoms with van der Waals surface area (Å²) in [5.41, 5.74) is 0. The molecule has 3 nitrogen and oxygen atoms in total. The standard InChI is InChI=1S/C7H14O3/c1-3-4-6(9)7(10)5(2)8/h3,5-10H,1,4H2,2H3/t5-,6-,7+/m0/s1. The number of aliphatic hydroxyl groups excluding tert-OH is 3. The van der Waals surface area contributed by atoms with E-state index in [1.54, 1.807) is 0 Å². The molecular weight excluding hydrogens is 132 g/mol. The largest absolute Gasteiger partial charge is 0.391 e. The van der Waals surface area contributed by atoms with Crippen molar-refractivity contribution >= 4 is 0 Å². The van der Waals surface area contributed by atoms with Crippen molar-refractivity contribution in [2.45, 2.75) is 31.7 Å². The van der Waals surface area contributed by atoms with Crippen LogP contribution in [-0.4, -0.2) is 33.6 Å². The Kier molecular flexibility index (Phi) is 4.27. The Balaban J connectivity index is 3.68. The van der Waals surface area contributed by atoms with E-state index in [1.807, 2.05) is 0 Å². The van der Waals surface area contributed by atoms with Gasteiger partial charge in [-0.2, -0.15) is 0 Å². The van der Waals surface area contributed by atoms with Gasteiger partial charge in [0.25, 0.3) is 0 Å². The smallest absolute Gasteiger partial charge is 0.106 e. The first-order valence-corrected chi connectivity index (χ1v) is 3.24. The molecule has 0 aromatic heterocycles. The molecule has 0 aliphatic rings. The normalized spacial score (nSPS) is 19.6. The lowest BCUT2D eigenvalue weighted by Gasteiger charge is -2.18. The zero-order valence-electron chi connectivity index (χ0n) is 6.07. The van der Waals surface area contributed by atoms with E-state index in [4.69, 9.17) is 15.3 Å². The molecule has 3 heteroatoms. The molecule has 0 aliphatic heterocycles. The summed E-state index contributed by atoms with van der Waals surface area (Å²) >= 11 is 0. The Bertz CT molecular complexity index is 101. The van der Waals surface area contributed by atoms with E-state index in [9.17, 15) is 0 Å². The second kappa shape index (κ2) is 4.44. The van der Waals surface area contributed by atoms with Crippen LogP contribution < -0.4 is 0 Å². The highest BCUT2D eigenvalue weighted by atomic mass is 16.4. The van der Waals surface area contributed by atoms with Crippen LogP contribution >= 0.6 is 0 Å². The molecule has 0 amide bonds. The maximum absolute atomic E-state index is 9.01. The fourth-order valence-electron chi connectivity index (χ4n) is 0.632. The summed E-state index contributed by atoms with van der Waals surface area (Å²) in [6, 6.07) is 0. The second-order valence-corrected chi connectivity index (χ2v) is 2.32. The highest BCUT2D eigenvalue weighted by Gasteiger charge is 2.19. The van der Waals surface area contributed by atoms with Gasteiger partial charge in [0.15, 0.2) is 0 Å². The van der Waals surface area contributed by atoms with Gasteiger partial charge in [-0.05, 0) is 13.3 Å². The molecule has 0 bridgehead atoms. The van der Waals surface area contributed by atoms with Gasteiger partial charge >= 0.3 is 0 Å².